The van der Waals surface area contributed by atoms with Crippen molar-refractivity contribution >= 4 is 0 Å². The first-order valence-electron chi connectivity index (χ1n) is 5.58. The zero-order valence-electron chi connectivity index (χ0n) is 9.90. The maximum atomic E-state index is 13.1. The third-order valence-corrected chi connectivity index (χ3v) is 2.78. The summed E-state index contributed by atoms with van der Waals surface area (Å²) in [6.45, 7) is 0. The summed E-state index contributed by atoms with van der Waals surface area (Å²) in [5.41, 5.74) is 1.68. The van der Waals surface area contributed by atoms with Gasteiger partial charge >= 0.3 is 0 Å². The van der Waals surface area contributed by atoms with Crippen LogP contribution in [0.25, 0.3) is 0 Å². The maximum absolute atomic E-state index is 13.1. The van der Waals surface area contributed by atoms with Crippen LogP contribution < -0.4 is 5.32 Å². The average molecular weight is 249 g/mol. The van der Waals surface area contributed by atoms with Gasteiger partial charge in [0.25, 0.3) is 0 Å². The van der Waals surface area contributed by atoms with Crippen molar-refractivity contribution in [2.45, 2.75) is 12.5 Å². The predicted molar refractivity (Wildman–Crippen MR) is 63.9 cm³/mol. The third kappa shape index (κ3) is 2.87. The van der Waals surface area contributed by atoms with E-state index in [0.29, 0.717) is 6.42 Å². The molecule has 2 aromatic rings. The molecule has 0 aliphatic carbocycles. The summed E-state index contributed by atoms with van der Waals surface area (Å²) in [5, 5.41) is 10.6. The fourth-order valence-corrected chi connectivity index (χ4v) is 1.80. The molecule has 1 aromatic heterocycles. The number of hydrogen-bond acceptors (Lipinski definition) is 3. The maximum Gasteiger partial charge on any atom is 0.159 e. The van der Waals surface area contributed by atoms with Gasteiger partial charge in [-0.3, -0.25) is 0 Å². The Balaban J connectivity index is 2.18. The van der Waals surface area contributed by atoms with Crippen molar-refractivity contribution in [3.8, 4) is 0 Å². The topological polar surface area (TPSA) is 37.8 Å². The highest BCUT2D eigenvalue weighted by atomic mass is 19.2. The average Bonchev–Trinajstić information content (AvgIpc) is 2.41. The zero-order chi connectivity index (χ0) is 13.0. The van der Waals surface area contributed by atoms with Crippen LogP contribution in [0.1, 0.15) is 17.2 Å². The monoisotopic (exact) mass is 249 g/mol. The van der Waals surface area contributed by atoms with Crippen molar-refractivity contribution in [2.24, 2.45) is 0 Å². The Morgan fingerprint density at radius 3 is 2.61 bits per heavy atom. The molecule has 0 saturated carbocycles. The molecule has 1 heterocycles. The fraction of sp³-hybridized carbons (Fsp3) is 0.231. The van der Waals surface area contributed by atoms with E-state index in [0.717, 1.165) is 17.2 Å². The Bertz CT molecular complexity index is 517. The second-order valence-electron chi connectivity index (χ2n) is 3.97. The van der Waals surface area contributed by atoms with E-state index in [4.69, 9.17) is 0 Å². The minimum absolute atomic E-state index is 0.00892. The van der Waals surface area contributed by atoms with Crippen LogP contribution >= 0.6 is 0 Å². The lowest BCUT2D eigenvalue weighted by molar-refractivity contribution is 0.504. The molecule has 0 fully saturated rings. The van der Waals surface area contributed by atoms with Gasteiger partial charge in [-0.15, -0.1) is 0 Å². The number of benzene rings is 1. The Morgan fingerprint density at radius 2 is 2.00 bits per heavy atom. The molecule has 2 rings (SSSR count). The van der Waals surface area contributed by atoms with Gasteiger partial charge < -0.3 is 5.32 Å². The molecule has 0 radical (unpaired) electrons. The quantitative estimate of drug-likeness (QED) is 0.903. The normalized spacial score (nSPS) is 12.4. The Kier molecular flexibility index (Phi) is 3.94. The lowest BCUT2D eigenvalue weighted by Gasteiger charge is -2.16. The summed E-state index contributed by atoms with van der Waals surface area (Å²) in [6, 6.07) is 5.77. The SMILES string of the molecule is CNC(Cc1ccc(F)c(F)c1)c1ccnnc1. The van der Waals surface area contributed by atoms with Gasteiger partial charge in [-0.1, -0.05) is 6.07 Å². The van der Waals surface area contributed by atoms with Gasteiger partial charge in [0.2, 0.25) is 0 Å². The van der Waals surface area contributed by atoms with Crippen molar-refractivity contribution in [1.29, 1.82) is 0 Å². The zero-order valence-corrected chi connectivity index (χ0v) is 9.90. The number of halogens is 2. The van der Waals surface area contributed by atoms with E-state index >= 15 is 0 Å². The molecule has 0 aliphatic heterocycles. The van der Waals surface area contributed by atoms with E-state index in [9.17, 15) is 8.78 Å². The van der Waals surface area contributed by atoms with Gasteiger partial charge in [0.15, 0.2) is 11.6 Å². The molecule has 18 heavy (non-hydrogen) atoms. The minimum atomic E-state index is -0.828. The molecule has 1 aromatic carbocycles. The second-order valence-corrected chi connectivity index (χ2v) is 3.97. The van der Waals surface area contributed by atoms with Crippen molar-refractivity contribution in [2.75, 3.05) is 7.05 Å². The summed E-state index contributed by atoms with van der Waals surface area (Å²) in [5.74, 6) is -1.65. The number of hydrogen-bond donors (Lipinski definition) is 1. The molecule has 3 nitrogen and oxygen atoms in total. The van der Waals surface area contributed by atoms with Crippen molar-refractivity contribution in [1.82, 2.24) is 15.5 Å². The van der Waals surface area contributed by atoms with Crippen molar-refractivity contribution < 1.29 is 8.78 Å². The van der Waals surface area contributed by atoms with Gasteiger partial charge in [-0.05, 0) is 42.8 Å². The number of nitrogens with one attached hydrogen (secondary N) is 1. The standard InChI is InChI=1S/C13H13F2N3/c1-16-13(10-4-5-17-18-8-10)7-9-2-3-11(14)12(15)6-9/h2-6,8,13,16H,7H2,1H3. The molecule has 1 unspecified atom stereocenters. The molecule has 0 spiro atoms. The summed E-state index contributed by atoms with van der Waals surface area (Å²) in [4.78, 5) is 0. The van der Waals surface area contributed by atoms with Gasteiger partial charge in [-0.2, -0.15) is 10.2 Å². The van der Waals surface area contributed by atoms with Crippen LogP contribution in [0.4, 0.5) is 8.78 Å². The van der Waals surface area contributed by atoms with Gasteiger partial charge in [-0.25, -0.2) is 8.78 Å². The van der Waals surface area contributed by atoms with Crippen molar-refractivity contribution in [3.63, 3.8) is 0 Å². The number of likely N-dealkylation sites (N-methyl/N-ethyl adjacent to an activating group) is 1. The summed E-state index contributed by atoms with van der Waals surface area (Å²) >= 11 is 0. The molecule has 5 heteroatoms. The third-order valence-electron chi connectivity index (χ3n) is 2.78. The molecule has 0 saturated heterocycles. The largest absolute Gasteiger partial charge is 0.313 e. The number of aromatic nitrogens is 2. The summed E-state index contributed by atoms with van der Waals surface area (Å²) in [6.07, 6.45) is 3.81. The molecule has 94 valence electrons. The summed E-state index contributed by atoms with van der Waals surface area (Å²) in [7, 11) is 1.81. The van der Waals surface area contributed by atoms with Gasteiger partial charge in [0.05, 0.1) is 6.20 Å². The van der Waals surface area contributed by atoms with E-state index in [-0.39, 0.29) is 6.04 Å². The highest BCUT2D eigenvalue weighted by molar-refractivity contribution is 5.22. The molecule has 1 N–H and O–H groups in total. The predicted octanol–water partition coefficient (Wildman–Crippen LogP) is 2.26. The Hall–Kier alpha value is -1.88. The van der Waals surface area contributed by atoms with Crippen molar-refractivity contribution in [3.05, 3.63) is 59.4 Å². The van der Waals surface area contributed by atoms with E-state index in [2.05, 4.69) is 15.5 Å². The summed E-state index contributed by atoms with van der Waals surface area (Å²) < 4.78 is 26.0. The number of rotatable bonds is 4. The lowest BCUT2D eigenvalue weighted by Crippen LogP contribution is -2.19. The number of nitrogens with zero attached hydrogens (tertiary/aromatic N) is 2. The molecule has 0 amide bonds. The molecular formula is C13H13F2N3. The molecule has 0 aliphatic rings. The van der Waals surface area contributed by atoms with E-state index in [1.807, 2.05) is 13.1 Å². The molecular weight excluding hydrogens is 236 g/mol. The molecule has 1 atom stereocenters. The minimum Gasteiger partial charge on any atom is -0.313 e. The Morgan fingerprint density at radius 1 is 1.17 bits per heavy atom. The first-order chi connectivity index (χ1) is 8.70. The van der Waals surface area contributed by atoms with E-state index < -0.39 is 11.6 Å². The van der Waals surface area contributed by atoms with E-state index in [1.54, 1.807) is 18.5 Å². The Labute approximate surface area is 104 Å². The van der Waals surface area contributed by atoms with E-state index in [1.165, 1.54) is 6.07 Å². The van der Waals surface area contributed by atoms with Crippen LogP contribution in [0.2, 0.25) is 0 Å². The first kappa shape index (κ1) is 12.6. The highest BCUT2D eigenvalue weighted by Crippen LogP contribution is 2.18. The van der Waals surface area contributed by atoms with Crippen LogP contribution in [-0.4, -0.2) is 17.2 Å². The van der Waals surface area contributed by atoms with Crippen LogP contribution in [0.15, 0.2) is 36.7 Å². The van der Waals surface area contributed by atoms with Crippen LogP contribution in [0.3, 0.4) is 0 Å². The fourth-order valence-electron chi connectivity index (χ4n) is 1.80. The molecule has 0 bridgehead atoms. The smallest absolute Gasteiger partial charge is 0.159 e. The highest BCUT2D eigenvalue weighted by Gasteiger charge is 2.11. The van der Waals surface area contributed by atoms with Gasteiger partial charge in [0, 0.05) is 12.2 Å². The van der Waals surface area contributed by atoms with Crippen LogP contribution in [0, 0.1) is 11.6 Å². The van der Waals surface area contributed by atoms with Gasteiger partial charge in [0.1, 0.15) is 0 Å². The lowest BCUT2D eigenvalue weighted by atomic mass is 10.0. The van der Waals surface area contributed by atoms with Crippen LogP contribution in [-0.2, 0) is 6.42 Å². The second kappa shape index (κ2) is 5.64. The first-order valence-corrected chi connectivity index (χ1v) is 5.58. The van der Waals surface area contributed by atoms with Crippen LogP contribution in [0.5, 0.6) is 0 Å².